The van der Waals surface area contributed by atoms with E-state index in [1.807, 2.05) is 30.3 Å². The highest BCUT2D eigenvalue weighted by atomic mass is 35.5. The Kier molecular flexibility index (Phi) is 12.0. The minimum absolute atomic E-state index is 0. The lowest BCUT2D eigenvalue weighted by molar-refractivity contribution is -0.133. The van der Waals surface area contributed by atoms with Crippen molar-refractivity contribution < 1.29 is 14.3 Å². The molecule has 23 heavy (non-hydrogen) atoms. The van der Waals surface area contributed by atoms with Crippen LogP contribution in [0.4, 0.5) is 0 Å². The van der Waals surface area contributed by atoms with Gasteiger partial charge in [-0.3, -0.25) is 9.59 Å². The van der Waals surface area contributed by atoms with Crippen LogP contribution >= 0.6 is 12.4 Å². The number of hydrogen-bond acceptors (Lipinski definition) is 4. The van der Waals surface area contributed by atoms with Crippen LogP contribution in [-0.4, -0.2) is 50.1 Å². The lowest BCUT2D eigenvalue weighted by Gasteiger charge is -2.23. The second-order valence-corrected chi connectivity index (χ2v) is 4.98. The van der Waals surface area contributed by atoms with Gasteiger partial charge in [-0.2, -0.15) is 0 Å². The first-order valence-electron chi connectivity index (χ1n) is 7.44. The number of nitrogens with one attached hydrogen (secondary N) is 1. The first-order valence-corrected chi connectivity index (χ1v) is 7.44. The average Bonchev–Trinajstić information content (AvgIpc) is 2.56. The third kappa shape index (κ3) is 9.18. The van der Waals surface area contributed by atoms with Crippen LogP contribution < -0.4 is 11.1 Å². The van der Waals surface area contributed by atoms with E-state index in [1.165, 1.54) is 0 Å². The number of amides is 2. The zero-order valence-corrected chi connectivity index (χ0v) is 14.3. The van der Waals surface area contributed by atoms with Gasteiger partial charge in [0.25, 0.3) is 0 Å². The molecule has 3 N–H and O–H groups in total. The molecule has 2 amide bonds. The van der Waals surface area contributed by atoms with Crippen LogP contribution in [0.15, 0.2) is 30.3 Å². The molecule has 0 aliphatic rings. The molecule has 0 atom stereocenters. The second-order valence-electron chi connectivity index (χ2n) is 4.98. The summed E-state index contributed by atoms with van der Waals surface area (Å²) in [6.45, 7) is 1.71. The Morgan fingerprint density at radius 2 is 1.91 bits per heavy atom. The quantitative estimate of drug-likeness (QED) is 0.619. The molecule has 130 valence electrons. The molecule has 1 aromatic carbocycles. The van der Waals surface area contributed by atoms with E-state index in [0.29, 0.717) is 19.7 Å². The highest BCUT2D eigenvalue weighted by Crippen LogP contribution is 2.06. The summed E-state index contributed by atoms with van der Waals surface area (Å²) < 4.78 is 5.02. The van der Waals surface area contributed by atoms with Crippen molar-refractivity contribution in [3.8, 4) is 0 Å². The van der Waals surface area contributed by atoms with Crippen LogP contribution in [0.1, 0.15) is 18.4 Å². The van der Waals surface area contributed by atoms with Crippen molar-refractivity contribution in [2.24, 2.45) is 5.73 Å². The summed E-state index contributed by atoms with van der Waals surface area (Å²) >= 11 is 0. The Bertz CT molecular complexity index is 457. The normalized spacial score (nSPS) is 9.83. The van der Waals surface area contributed by atoms with Crippen LogP contribution in [0.2, 0.25) is 0 Å². The first kappa shape index (κ1) is 21.4. The van der Waals surface area contributed by atoms with Gasteiger partial charge < -0.3 is 20.7 Å². The maximum absolute atomic E-state index is 12.3. The molecule has 0 bridgehead atoms. The van der Waals surface area contributed by atoms with E-state index in [1.54, 1.807) is 12.0 Å². The third-order valence-electron chi connectivity index (χ3n) is 3.22. The number of methoxy groups -OCH3 is 1. The predicted octanol–water partition coefficient (Wildman–Crippen LogP) is 0.938. The molecular weight excluding hydrogens is 318 g/mol. The Morgan fingerprint density at radius 3 is 2.52 bits per heavy atom. The number of hydrogen-bond donors (Lipinski definition) is 2. The molecule has 6 nitrogen and oxygen atoms in total. The van der Waals surface area contributed by atoms with Gasteiger partial charge in [0.15, 0.2) is 0 Å². The van der Waals surface area contributed by atoms with Gasteiger partial charge in [0.1, 0.15) is 0 Å². The number of rotatable bonds is 10. The number of unbranched alkanes of at least 4 members (excludes halogenated alkanes) is 1. The van der Waals surface area contributed by atoms with Gasteiger partial charge in [0.05, 0.1) is 13.1 Å². The molecule has 0 aliphatic heterocycles. The fourth-order valence-corrected chi connectivity index (χ4v) is 2.00. The molecule has 0 aromatic heterocycles. The van der Waals surface area contributed by atoms with Gasteiger partial charge >= 0.3 is 0 Å². The SMILES string of the molecule is COCCCCN(Cc1ccccc1)C(=O)CNC(=O)CN.Cl. The fraction of sp³-hybridized carbons (Fsp3) is 0.500. The Hall–Kier alpha value is -1.63. The van der Waals surface area contributed by atoms with Crippen molar-refractivity contribution in [2.75, 3.05) is 33.4 Å². The van der Waals surface area contributed by atoms with Crippen molar-refractivity contribution in [1.82, 2.24) is 10.2 Å². The predicted molar refractivity (Wildman–Crippen MR) is 92.3 cm³/mol. The Morgan fingerprint density at radius 1 is 1.22 bits per heavy atom. The van der Waals surface area contributed by atoms with Gasteiger partial charge in [0, 0.05) is 26.8 Å². The molecule has 0 saturated carbocycles. The van der Waals surface area contributed by atoms with Crippen LogP contribution in [0.25, 0.3) is 0 Å². The third-order valence-corrected chi connectivity index (χ3v) is 3.22. The van der Waals surface area contributed by atoms with E-state index < -0.39 is 0 Å². The summed E-state index contributed by atoms with van der Waals surface area (Å²) in [7, 11) is 1.66. The molecule has 1 rings (SSSR count). The maximum atomic E-state index is 12.3. The number of nitrogens with two attached hydrogens (primary N) is 1. The lowest BCUT2D eigenvalue weighted by Crippen LogP contribution is -2.42. The molecule has 0 aliphatic carbocycles. The van der Waals surface area contributed by atoms with E-state index >= 15 is 0 Å². The minimum Gasteiger partial charge on any atom is -0.385 e. The number of halogens is 1. The van der Waals surface area contributed by atoms with E-state index in [0.717, 1.165) is 18.4 Å². The summed E-state index contributed by atoms with van der Waals surface area (Å²) in [6.07, 6.45) is 1.75. The van der Waals surface area contributed by atoms with E-state index in [4.69, 9.17) is 10.5 Å². The smallest absolute Gasteiger partial charge is 0.242 e. The zero-order valence-electron chi connectivity index (χ0n) is 13.5. The van der Waals surface area contributed by atoms with Crippen molar-refractivity contribution in [3.63, 3.8) is 0 Å². The number of carbonyl (C=O) groups is 2. The summed E-state index contributed by atoms with van der Waals surface area (Å²) in [6, 6.07) is 9.79. The van der Waals surface area contributed by atoms with Crippen LogP contribution in [0, 0.1) is 0 Å². The van der Waals surface area contributed by atoms with Crippen molar-refractivity contribution >= 4 is 24.2 Å². The summed E-state index contributed by atoms with van der Waals surface area (Å²) in [5.41, 5.74) is 6.28. The molecule has 0 radical (unpaired) electrons. The summed E-state index contributed by atoms with van der Waals surface area (Å²) in [4.78, 5) is 25.2. The van der Waals surface area contributed by atoms with Crippen molar-refractivity contribution in [1.29, 1.82) is 0 Å². The van der Waals surface area contributed by atoms with Gasteiger partial charge in [-0.05, 0) is 18.4 Å². The summed E-state index contributed by atoms with van der Waals surface area (Å²) in [5, 5.41) is 2.52. The van der Waals surface area contributed by atoms with Gasteiger partial charge in [-0.1, -0.05) is 30.3 Å². The lowest BCUT2D eigenvalue weighted by atomic mass is 10.2. The number of carbonyl (C=O) groups excluding carboxylic acids is 2. The molecule has 0 heterocycles. The summed E-state index contributed by atoms with van der Waals surface area (Å²) in [5.74, 6) is -0.435. The zero-order chi connectivity index (χ0) is 16.2. The molecule has 0 fully saturated rings. The van der Waals surface area contributed by atoms with Crippen LogP contribution in [-0.2, 0) is 20.9 Å². The molecule has 0 unspecified atom stereocenters. The van der Waals surface area contributed by atoms with Gasteiger partial charge in [-0.25, -0.2) is 0 Å². The topological polar surface area (TPSA) is 84.7 Å². The second kappa shape index (κ2) is 12.9. The highest BCUT2D eigenvalue weighted by molar-refractivity contribution is 5.85. The van der Waals surface area contributed by atoms with Gasteiger partial charge in [-0.15, -0.1) is 12.4 Å². The van der Waals surface area contributed by atoms with E-state index in [-0.39, 0.29) is 37.3 Å². The van der Waals surface area contributed by atoms with Crippen LogP contribution in [0.5, 0.6) is 0 Å². The van der Waals surface area contributed by atoms with Crippen molar-refractivity contribution in [2.45, 2.75) is 19.4 Å². The monoisotopic (exact) mass is 343 g/mol. The van der Waals surface area contributed by atoms with E-state index in [2.05, 4.69) is 5.32 Å². The standard InChI is InChI=1S/C16H25N3O3.ClH/c1-22-10-6-5-9-19(13-14-7-3-2-4-8-14)16(21)12-18-15(20)11-17;/h2-4,7-8H,5-6,9-13,17H2,1H3,(H,18,20);1H. The molecule has 7 heteroatoms. The first-order chi connectivity index (χ1) is 10.7. The minimum atomic E-state index is -0.326. The maximum Gasteiger partial charge on any atom is 0.242 e. The Balaban J connectivity index is 0.00000484. The highest BCUT2D eigenvalue weighted by Gasteiger charge is 2.14. The molecular formula is C16H26ClN3O3. The molecule has 0 spiro atoms. The fourth-order valence-electron chi connectivity index (χ4n) is 2.00. The van der Waals surface area contributed by atoms with E-state index in [9.17, 15) is 9.59 Å². The number of nitrogens with zero attached hydrogens (tertiary/aromatic N) is 1. The number of benzene rings is 1. The number of ether oxygens (including phenoxy) is 1. The average molecular weight is 344 g/mol. The van der Waals surface area contributed by atoms with Gasteiger partial charge in [0.2, 0.25) is 11.8 Å². The molecule has 1 aromatic rings. The van der Waals surface area contributed by atoms with Crippen LogP contribution in [0.3, 0.4) is 0 Å². The molecule has 0 saturated heterocycles. The largest absolute Gasteiger partial charge is 0.385 e. The van der Waals surface area contributed by atoms with Crippen molar-refractivity contribution in [3.05, 3.63) is 35.9 Å². The Labute approximate surface area is 143 Å².